The van der Waals surface area contributed by atoms with Gasteiger partial charge in [-0.2, -0.15) is 0 Å². The Morgan fingerprint density at radius 2 is 1.96 bits per heavy atom. The summed E-state index contributed by atoms with van der Waals surface area (Å²) in [5.41, 5.74) is 5.80. The summed E-state index contributed by atoms with van der Waals surface area (Å²) < 4.78 is 11.6. The fourth-order valence-corrected chi connectivity index (χ4v) is 2.68. The van der Waals surface area contributed by atoms with Crippen LogP contribution in [0.15, 0.2) is 24.3 Å². The molecule has 1 aliphatic heterocycles. The van der Waals surface area contributed by atoms with Gasteiger partial charge in [-0.25, -0.2) is 0 Å². The lowest BCUT2D eigenvalue weighted by Crippen LogP contribution is -2.50. The van der Waals surface area contributed by atoms with E-state index in [-0.39, 0.29) is 42.8 Å². The molecule has 0 bridgehead atoms. The number of fused-ring (bicyclic) bond motifs is 1. The Balaban J connectivity index is 0.00000364. The number of hydrogen-bond acceptors (Lipinski definition) is 5. The maximum absolute atomic E-state index is 12.5. The van der Waals surface area contributed by atoms with Gasteiger partial charge >= 0.3 is 0 Å². The van der Waals surface area contributed by atoms with Gasteiger partial charge in [0.1, 0.15) is 6.61 Å². The normalized spacial score (nSPS) is 16.3. The van der Waals surface area contributed by atoms with Crippen LogP contribution in [0.3, 0.4) is 0 Å². The van der Waals surface area contributed by atoms with Gasteiger partial charge in [0, 0.05) is 6.54 Å². The molecule has 1 aliphatic rings. The Morgan fingerprint density at radius 3 is 2.59 bits per heavy atom. The molecule has 0 aliphatic carbocycles. The van der Waals surface area contributed by atoms with Crippen LogP contribution in [-0.4, -0.2) is 55.1 Å². The molecule has 7 nitrogen and oxygen atoms in total. The molecule has 1 aromatic carbocycles. The van der Waals surface area contributed by atoms with E-state index in [1.807, 2.05) is 45.0 Å². The molecule has 1 aromatic rings. The van der Waals surface area contributed by atoms with E-state index in [1.165, 1.54) is 0 Å². The molecule has 3 N–H and O–H groups in total. The largest absolute Gasteiger partial charge is 0.486 e. The van der Waals surface area contributed by atoms with E-state index in [4.69, 9.17) is 15.2 Å². The van der Waals surface area contributed by atoms with E-state index in [2.05, 4.69) is 5.32 Å². The van der Waals surface area contributed by atoms with Crippen molar-refractivity contribution in [1.29, 1.82) is 0 Å². The van der Waals surface area contributed by atoms with E-state index in [1.54, 1.807) is 4.90 Å². The summed E-state index contributed by atoms with van der Waals surface area (Å²) in [4.78, 5) is 26.2. The highest BCUT2D eigenvalue weighted by atomic mass is 35.5. The van der Waals surface area contributed by atoms with Gasteiger partial charge < -0.3 is 25.4 Å². The Morgan fingerprint density at radius 1 is 1.30 bits per heavy atom. The van der Waals surface area contributed by atoms with Crippen molar-refractivity contribution in [3.8, 4) is 11.5 Å². The summed E-state index contributed by atoms with van der Waals surface area (Å²) in [5.74, 6) is 0.954. The quantitative estimate of drug-likeness (QED) is 0.692. The smallest absolute Gasteiger partial charge is 0.242 e. The average molecular weight is 400 g/mol. The van der Waals surface area contributed by atoms with Crippen molar-refractivity contribution in [3.63, 3.8) is 0 Å². The van der Waals surface area contributed by atoms with Gasteiger partial charge in [-0.05, 0) is 24.5 Å². The number of rotatable bonds is 8. The number of nitrogens with zero attached hydrogens (tertiary/aromatic N) is 1. The van der Waals surface area contributed by atoms with Crippen LogP contribution < -0.4 is 20.5 Å². The number of halogens is 1. The van der Waals surface area contributed by atoms with Crippen LogP contribution in [0, 0.1) is 5.92 Å². The molecule has 0 fully saturated rings. The first-order valence-corrected chi connectivity index (χ1v) is 9.12. The van der Waals surface area contributed by atoms with Gasteiger partial charge in [0.25, 0.3) is 0 Å². The summed E-state index contributed by atoms with van der Waals surface area (Å²) in [7, 11) is 0. The fraction of sp³-hybridized carbons (Fsp3) is 0.579. The average Bonchev–Trinajstić information content (AvgIpc) is 2.64. The standard InChI is InChI=1S/C19H29N3O4.ClH/c1-4-9-22(17(23)10-21-19(24)18(20)13(2)3)11-14-12-25-15-7-5-6-8-16(15)26-14;/h5-8,13-14,18H,4,9-12,20H2,1-3H3,(H,21,24);1H/t14?,18-;/m0./s1. The number of carbonyl (C=O) groups excluding carboxylic acids is 2. The maximum Gasteiger partial charge on any atom is 0.242 e. The number of benzene rings is 1. The number of ether oxygens (including phenoxy) is 2. The minimum Gasteiger partial charge on any atom is -0.486 e. The highest BCUT2D eigenvalue weighted by molar-refractivity contribution is 5.87. The molecule has 0 aromatic heterocycles. The minimum absolute atomic E-state index is 0. The number of para-hydroxylation sites is 2. The maximum atomic E-state index is 12.5. The zero-order valence-corrected chi connectivity index (χ0v) is 17.0. The molecule has 1 unspecified atom stereocenters. The Kier molecular flexibility index (Phi) is 9.38. The zero-order chi connectivity index (χ0) is 19.1. The van der Waals surface area contributed by atoms with Crippen LogP contribution in [0.1, 0.15) is 27.2 Å². The number of nitrogens with one attached hydrogen (secondary N) is 1. The molecule has 0 saturated heterocycles. The third-order valence-corrected chi connectivity index (χ3v) is 4.27. The predicted molar refractivity (Wildman–Crippen MR) is 106 cm³/mol. The lowest BCUT2D eigenvalue weighted by Gasteiger charge is -2.31. The van der Waals surface area contributed by atoms with Crippen molar-refractivity contribution in [2.45, 2.75) is 39.3 Å². The van der Waals surface area contributed by atoms with Crippen molar-refractivity contribution in [2.24, 2.45) is 11.7 Å². The van der Waals surface area contributed by atoms with Crippen molar-refractivity contribution in [2.75, 3.05) is 26.2 Å². The van der Waals surface area contributed by atoms with Crippen LogP contribution in [0.5, 0.6) is 11.5 Å². The summed E-state index contributed by atoms with van der Waals surface area (Å²) in [6, 6.07) is 6.86. The first kappa shape index (κ1) is 23.0. The van der Waals surface area contributed by atoms with Crippen LogP contribution in [-0.2, 0) is 9.59 Å². The highest BCUT2D eigenvalue weighted by Crippen LogP contribution is 2.31. The zero-order valence-electron chi connectivity index (χ0n) is 16.1. The predicted octanol–water partition coefficient (Wildman–Crippen LogP) is 1.59. The van der Waals surface area contributed by atoms with Gasteiger partial charge in [0.15, 0.2) is 17.6 Å². The molecule has 152 valence electrons. The second kappa shape index (κ2) is 11.0. The molecular weight excluding hydrogens is 370 g/mol. The lowest BCUT2D eigenvalue weighted by atomic mass is 10.1. The first-order chi connectivity index (χ1) is 12.4. The molecule has 2 rings (SSSR count). The molecule has 0 saturated carbocycles. The lowest BCUT2D eigenvalue weighted by molar-refractivity contribution is -0.134. The van der Waals surface area contributed by atoms with E-state index < -0.39 is 6.04 Å². The first-order valence-electron chi connectivity index (χ1n) is 9.12. The third kappa shape index (κ3) is 6.59. The molecule has 2 amide bonds. The van der Waals surface area contributed by atoms with Crippen LogP contribution in [0.25, 0.3) is 0 Å². The number of hydrogen-bond donors (Lipinski definition) is 2. The molecule has 1 heterocycles. The van der Waals surface area contributed by atoms with Gasteiger partial charge in [-0.3, -0.25) is 9.59 Å². The molecule has 0 radical (unpaired) electrons. The molecular formula is C19H30ClN3O4. The number of carbonyl (C=O) groups is 2. The summed E-state index contributed by atoms with van der Waals surface area (Å²) in [6.45, 7) is 7.06. The summed E-state index contributed by atoms with van der Waals surface area (Å²) >= 11 is 0. The molecule has 8 heteroatoms. The number of amides is 2. The Labute approximate surface area is 167 Å². The van der Waals surface area contributed by atoms with Gasteiger partial charge in [0.2, 0.25) is 11.8 Å². The Hall–Kier alpha value is -1.99. The highest BCUT2D eigenvalue weighted by Gasteiger charge is 2.26. The van der Waals surface area contributed by atoms with Crippen molar-refractivity contribution >= 4 is 24.2 Å². The van der Waals surface area contributed by atoms with Crippen LogP contribution in [0.2, 0.25) is 0 Å². The topological polar surface area (TPSA) is 93.9 Å². The summed E-state index contributed by atoms with van der Waals surface area (Å²) in [5, 5.41) is 2.63. The van der Waals surface area contributed by atoms with Crippen molar-refractivity contribution in [3.05, 3.63) is 24.3 Å². The van der Waals surface area contributed by atoms with Gasteiger partial charge in [-0.15, -0.1) is 12.4 Å². The van der Waals surface area contributed by atoms with E-state index in [0.717, 1.165) is 6.42 Å². The van der Waals surface area contributed by atoms with Crippen LogP contribution in [0.4, 0.5) is 0 Å². The minimum atomic E-state index is -0.617. The summed E-state index contributed by atoms with van der Waals surface area (Å²) in [6.07, 6.45) is 0.573. The Bertz CT molecular complexity index is 627. The molecule has 27 heavy (non-hydrogen) atoms. The third-order valence-electron chi connectivity index (χ3n) is 4.27. The van der Waals surface area contributed by atoms with Crippen molar-refractivity contribution < 1.29 is 19.1 Å². The van der Waals surface area contributed by atoms with Gasteiger partial charge in [0.05, 0.1) is 19.1 Å². The second-order valence-electron chi connectivity index (χ2n) is 6.82. The van der Waals surface area contributed by atoms with Gasteiger partial charge in [-0.1, -0.05) is 32.9 Å². The molecule has 0 spiro atoms. The fourth-order valence-electron chi connectivity index (χ4n) is 2.68. The second-order valence-corrected chi connectivity index (χ2v) is 6.82. The molecule has 2 atom stereocenters. The van der Waals surface area contributed by atoms with E-state index in [9.17, 15) is 9.59 Å². The number of nitrogens with two attached hydrogens (primary N) is 1. The SMILES string of the molecule is CCCN(CC1COc2ccccc2O1)C(=O)CNC(=O)[C@@H](N)C(C)C.Cl. The van der Waals surface area contributed by atoms with Crippen molar-refractivity contribution in [1.82, 2.24) is 10.2 Å². The monoisotopic (exact) mass is 399 g/mol. The van der Waals surface area contributed by atoms with E-state index >= 15 is 0 Å². The van der Waals surface area contributed by atoms with Crippen LogP contribution >= 0.6 is 12.4 Å². The van der Waals surface area contributed by atoms with E-state index in [0.29, 0.717) is 31.2 Å².